The van der Waals surface area contributed by atoms with E-state index in [4.69, 9.17) is 5.11 Å². The Bertz CT molecular complexity index is 410. The van der Waals surface area contributed by atoms with Gasteiger partial charge in [0.05, 0.1) is 12.0 Å². The number of rotatable bonds is 4. The molecule has 0 radical (unpaired) electrons. The maximum atomic E-state index is 10.6. The van der Waals surface area contributed by atoms with Crippen molar-refractivity contribution in [2.75, 3.05) is 0 Å². The second-order valence-corrected chi connectivity index (χ2v) is 6.19. The van der Waals surface area contributed by atoms with E-state index >= 15 is 0 Å². The fourth-order valence-electron chi connectivity index (χ4n) is 1.95. The van der Waals surface area contributed by atoms with Gasteiger partial charge in [-0.05, 0) is 23.5 Å². The molecule has 0 aliphatic rings. The van der Waals surface area contributed by atoms with Crippen LogP contribution in [0.15, 0.2) is 24.3 Å². The quantitative estimate of drug-likeness (QED) is 0.864. The number of hydrogen-bond donors (Lipinski definition) is 2. The molecule has 100 valence electrons. The van der Waals surface area contributed by atoms with Crippen molar-refractivity contribution in [3.8, 4) is 0 Å². The lowest BCUT2D eigenvalue weighted by Gasteiger charge is -2.23. The van der Waals surface area contributed by atoms with Crippen molar-refractivity contribution in [1.82, 2.24) is 0 Å². The van der Waals surface area contributed by atoms with Crippen LogP contribution in [0.4, 0.5) is 0 Å². The standard InChI is InChI=1S/C15H22O3/c1-14(2,3)12-7-5-11(6-8-12)9-15(4,18)10-13(16)17/h5-8,18H,9-10H2,1-4H3,(H,16,17). The van der Waals surface area contributed by atoms with E-state index in [1.165, 1.54) is 5.56 Å². The first-order valence-corrected chi connectivity index (χ1v) is 6.14. The van der Waals surface area contributed by atoms with Crippen molar-refractivity contribution in [1.29, 1.82) is 0 Å². The Morgan fingerprint density at radius 1 is 1.11 bits per heavy atom. The zero-order valence-electron chi connectivity index (χ0n) is 11.5. The van der Waals surface area contributed by atoms with Gasteiger partial charge < -0.3 is 10.2 Å². The van der Waals surface area contributed by atoms with Crippen LogP contribution in [0.1, 0.15) is 45.2 Å². The average Bonchev–Trinajstić information content (AvgIpc) is 2.13. The Morgan fingerprint density at radius 3 is 2.00 bits per heavy atom. The van der Waals surface area contributed by atoms with Gasteiger partial charge in [0.1, 0.15) is 0 Å². The Morgan fingerprint density at radius 2 is 1.61 bits per heavy atom. The lowest BCUT2D eigenvalue weighted by atomic mass is 9.85. The minimum atomic E-state index is -1.20. The van der Waals surface area contributed by atoms with Gasteiger partial charge in [0.25, 0.3) is 0 Å². The van der Waals surface area contributed by atoms with E-state index < -0.39 is 11.6 Å². The zero-order chi connectivity index (χ0) is 14.0. The first kappa shape index (κ1) is 14.7. The summed E-state index contributed by atoms with van der Waals surface area (Å²) in [6.07, 6.45) is 0.109. The fraction of sp³-hybridized carbons (Fsp3) is 0.533. The predicted molar refractivity (Wildman–Crippen MR) is 71.7 cm³/mol. The van der Waals surface area contributed by atoms with Gasteiger partial charge >= 0.3 is 5.97 Å². The molecule has 1 aromatic carbocycles. The molecule has 3 nitrogen and oxygen atoms in total. The first-order valence-electron chi connectivity index (χ1n) is 6.14. The normalized spacial score (nSPS) is 15.2. The minimum Gasteiger partial charge on any atom is -0.481 e. The van der Waals surface area contributed by atoms with E-state index in [-0.39, 0.29) is 11.8 Å². The molecule has 1 aromatic rings. The van der Waals surface area contributed by atoms with Crippen LogP contribution in [-0.4, -0.2) is 21.8 Å². The maximum absolute atomic E-state index is 10.6. The number of aliphatic carboxylic acids is 1. The monoisotopic (exact) mass is 250 g/mol. The van der Waals surface area contributed by atoms with Crippen molar-refractivity contribution in [3.05, 3.63) is 35.4 Å². The Kier molecular flexibility index (Phi) is 4.17. The van der Waals surface area contributed by atoms with E-state index in [2.05, 4.69) is 20.8 Å². The predicted octanol–water partition coefficient (Wildman–Crippen LogP) is 2.75. The van der Waals surface area contributed by atoms with Crippen LogP contribution in [0.3, 0.4) is 0 Å². The van der Waals surface area contributed by atoms with E-state index in [0.29, 0.717) is 6.42 Å². The molecule has 0 fully saturated rings. The molecule has 0 aromatic heterocycles. The lowest BCUT2D eigenvalue weighted by molar-refractivity contribution is -0.141. The first-order chi connectivity index (χ1) is 8.10. The molecule has 1 unspecified atom stereocenters. The molecule has 0 aliphatic heterocycles. The molecule has 2 N–H and O–H groups in total. The second kappa shape index (κ2) is 5.11. The Hall–Kier alpha value is -1.35. The van der Waals surface area contributed by atoms with E-state index in [1.54, 1.807) is 6.92 Å². The highest BCUT2D eigenvalue weighted by atomic mass is 16.4. The summed E-state index contributed by atoms with van der Waals surface area (Å²) in [4.78, 5) is 10.6. The van der Waals surface area contributed by atoms with Crippen LogP contribution in [0, 0.1) is 0 Å². The summed E-state index contributed by atoms with van der Waals surface area (Å²) in [5, 5.41) is 18.7. The summed E-state index contributed by atoms with van der Waals surface area (Å²) in [7, 11) is 0. The second-order valence-electron chi connectivity index (χ2n) is 6.19. The van der Waals surface area contributed by atoms with Crippen molar-refractivity contribution < 1.29 is 15.0 Å². The number of benzene rings is 1. The van der Waals surface area contributed by atoms with Crippen LogP contribution >= 0.6 is 0 Å². The van der Waals surface area contributed by atoms with Crippen LogP contribution in [0.5, 0.6) is 0 Å². The van der Waals surface area contributed by atoms with E-state index in [1.807, 2.05) is 24.3 Å². The van der Waals surface area contributed by atoms with E-state index in [9.17, 15) is 9.90 Å². The molecule has 3 heteroatoms. The lowest BCUT2D eigenvalue weighted by Crippen LogP contribution is -2.30. The highest BCUT2D eigenvalue weighted by molar-refractivity contribution is 5.68. The molecule has 0 amide bonds. The zero-order valence-corrected chi connectivity index (χ0v) is 11.5. The van der Waals surface area contributed by atoms with Crippen molar-refractivity contribution in [3.63, 3.8) is 0 Å². The SMILES string of the molecule is CC(O)(CC(=O)O)Cc1ccc(C(C)(C)C)cc1. The number of carboxylic acids is 1. The van der Waals surface area contributed by atoms with Gasteiger partial charge in [-0.3, -0.25) is 4.79 Å². The number of carboxylic acid groups (broad SMARTS) is 1. The summed E-state index contributed by atoms with van der Waals surface area (Å²) >= 11 is 0. The van der Waals surface area contributed by atoms with Crippen LogP contribution in [0.25, 0.3) is 0 Å². The largest absolute Gasteiger partial charge is 0.481 e. The number of hydrogen-bond acceptors (Lipinski definition) is 2. The van der Waals surface area contributed by atoms with Crippen molar-refractivity contribution in [2.24, 2.45) is 0 Å². The third-order valence-corrected chi connectivity index (χ3v) is 2.94. The molecule has 0 saturated heterocycles. The molecular weight excluding hydrogens is 228 g/mol. The number of aliphatic hydroxyl groups is 1. The van der Waals surface area contributed by atoms with Crippen molar-refractivity contribution in [2.45, 2.75) is 51.6 Å². The maximum Gasteiger partial charge on any atom is 0.306 e. The molecule has 0 aliphatic carbocycles. The molecule has 0 heterocycles. The van der Waals surface area contributed by atoms with Gasteiger partial charge in [0, 0.05) is 6.42 Å². The average molecular weight is 250 g/mol. The van der Waals surface area contributed by atoms with Crippen LogP contribution in [0.2, 0.25) is 0 Å². The van der Waals surface area contributed by atoms with Gasteiger partial charge in [-0.1, -0.05) is 45.0 Å². The third-order valence-electron chi connectivity index (χ3n) is 2.94. The van der Waals surface area contributed by atoms with Crippen LogP contribution in [-0.2, 0) is 16.6 Å². The summed E-state index contributed by atoms with van der Waals surface area (Å²) in [6, 6.07) is 7.98. The highest BCUT2D eigenvalue weighted by Gasteiger charge is 2.24. The van der Waals surface area contributed by atoms with Gasteiger partial charge in [-0.25, -0.2) is 0 Å². The molecule has 0 spiro atoms. The summed E-state index contributed by atoms with van der Waals surface area (Å²) in [6.45, 7) is 7.98. The molecule has 0 bridgehead atoms. The molecule has 18 heavy (non-hydrogen) atoms. The number of carbonyl (C=O) groups is 1. The van der Waals surface area contributed by atoms with Crippen molar-refractivity contribution >= 4 is 5.97 Å². The summed E-state index contributed by atoms with van der Waals surface area (Å²) in [5.74, 6) is -0.980. The topological polar surface area (TPSA) is 57.5 Å². The van der Waals surface area contributed by atoms with Crippen LogP contribution < -0.4 is 0 Å². The van der Waals surface area contributed by atoms with Gasteiger partial charge in [-0.2, -0.15) is 0 Å². The van der Waals surface area contributed by atoms with Gasteiger partial charge in [0.15, 0.2) is 0 Å². The molecular formula is C15H22O3. The third kappa shape index (κ3) is 4.49. The fourth-order valence-corrected chi connectivity index (χ4v) is 1.95. The van der Waals surface area contributed by atoms with Gasteiger partial charge in [-0.15, -0.1) is 0 Å². The Balaban J connectivity index is 2.78. The summed E-state index contributed by atoms with van der Waals surface area (Å²) < 4.78 is 0. The Labute approximate surface area is 108 Å². The van der Waals surface area contributed by atoms with Gasteiger partial charge in [0.2, 0.25) is 0 Å². The highest BCUT2D eigenvalue weighted by Crippen LogP contribution is 2.24. The summed E-state index contributed by atoms with van der Waals surface area (Å²) in [5.41, 5.74) is 1.08. The molecule has 1 rings (SSSR count). The van der Waals surface area contributed by atoms with E-state index in [0.717, 1.165) is 5.56 Å². The smallest absolute Gasteiger partial charge is 0.306 e. The minimum absolute atomic E-state index is 0.0993. The molecule has 0 saturated carbocycles. The molecule has 1 atom stereocenters.